The molecule has 1 aliphatic carbocycles. The van der Waals surface area contributed by atoms with Crippen LogP contribution in [0.1, 0.15) is 45.4 Å². The highest BCUT2D eigenvalue weighted by Gasteiger charge is 2.62. The molecule has 3 atom stereocenters. The summed E-state index contributed by atoms with van der Waals surface area (Å²) in [7, 11) is 0. The van der Waals surface area contributed by atoms with Crippen molar-refractivity contribution in [2.75, 3.05) is 4.90 Å². The first-order valence-corrected chi connectivity index (χ1v) is 10.5. The Morgan fingerprint density at radius 2 is 1.70 bits per heavy atom. The van der Waals surface area contributed by atoms with E-state index in [2.05, 4.69) is 23.1 Å². The van der Waals surface area contributed by atoms with E-state index in [9.17, 15) is 10.1 Å². The molecule has 2 aliphatic rings. The van der Waals surface area contributed by atoms with E-state index in [1.165, 1.54) is 0 Å². The predicted octanol–water partition coefficient (Wildman–Crippen LogP) is 5.76. The van der Waals surface area contributed by atoms with Crippen LogP contribution in [0.15, 0.2) is 78.9 Å². The topological polar surface area (TPSA) is 44.1 Å². The van der Waals surface area contributed by atoms with Gasteiger partial charge in [0.15, 0.2) is 5.78 Å². The second-order valence-electron chi connectivity index (χ2n) is 8.09. The summed E-state index contributed by atoms with van der Waals surface area (Å²) in [5.74, 6) is -0.672. The highest BCUT2D eigenvalue weighted by Crippen LogP contribution is 2.59. The van der Waals surface area contributed by atoms with Gasteiger partial charge in [0.05, 0.1) is 23.0 Å². The van der Waals surface area contributed by atoms with E-state index in [4.69, 9.17) is 12.2 Å². The lowest BCUT2D eigenvalue weighted by Crippen LogP contribution is -2.43. The summed E-state index contributed by atoms with van der Waals surface area (Å²) in [5.41, 5.74) is 3.59. The van der Waals surface area contributed by atoms with Crippen molar-refractivity contribution >= 4 is 28.7 Å². The molecule has 1 saturated heterocycles. The number of anilines is 1. The van der Waals surface area contributed by atoms with E-state index in [1.807, 2.05) is 73.7 Å². The van der Waals surface area contributed by atoms with E-state index in [0.717, 1.165) is 22.4 Å². The third-order valence-electron chi connectivity index (χ3n) is 6.46. The summed E-state index contributed by atoms with van der Waals surface area (Å²) in [6.07, 6.45) is 0.517. The molecule has 1 aliphatic heterocycles. The molecule has 0 radical (unpaired) electrons. The van der Waals surface area contributed by atoms with Crippen LogP contribution in [0.3, 0.4) is 0 Å². The maximum absolute atomic E-state index is 13.9. The van der Waals surface area contributed by atoms with Crippen molar-refractivity contribution in [2.24, 2.45) is 5.41 Å². The molecule has 0 spiro atoms. The van der Waals surface area contributed by atoms with Gasteiger partial charge < -0.3 is 4.90 Å². The lowest BCUT2D eigenvalue weighted by Gasteiger charge is -2.34. The van der Waals surface area contributed by atoms with Gasteiger partial charge in [0, 0.05) is 11.3 Å². The van der Waals surface area contributed by atoms with Crippen molar-refractivity contribution in [3.05, 3.63) is 101 Å². The maximum Gasteiger partial charge on any atom is 0.177 e. The predicted molar refractivity (Wildman–Crippen MR) is 122 cm³/mol. The zero-order valence-electron chi connectivity index (χ0n) is 16.6. The van der Waals surface area contributed by atoms with Crippen LogP contribution >= 0.6 is 12.2 Å². The molecule has 4 heteroatoms. The lowest BCUT2D eigenvalue weighted by atomic mass is 9.63. The minimum absolute atomic E-state index is 0.0376. The molecule has 146 valence electrons. The molecular weight excluding hydrogens is 388 g/mol. The van der Waals surface area contributed by atoms with Gasteiger partial charge in [-0.15, -0.1) is 0 Å². The van der Waals surface area contributed by atoms with Crippen molar-refractivity contribution in [3.8, 4) is 6.07 Å². The first kappa shape index (κ1) is 18.7. The van der Waals surface area contributed by atoms with Gasteiger partial charge in [-0.05, 0) is 36.6 Å². The standard InChI is InChI=1S/C26H20N2OS/c1-17-11-13-19(14-12-17)28-23-15-26(25(28)30,22(16-27)18-7-3-2-4-8-18)24(29)21-10-6-5-9-20(21)23/h2-14,22-23H,15H2,1H3/t22-,23+,26+/m0/s1. The quantitative estimate of drug-likeness (QED) is 0.517. The third-order valence-corrected chi connectivity index (χ3v) is 7.02. The van der Waals surface area contributed by atoms with Crippen LogP contribution in [-0.2, 0) is 0 Å². The number of fused-ring (bicyclic) bond motifs is 4. The number of carbonyl (C=O) groups is 1. The fourth-order valence-electron chi connectivity index (χ4n) is 5.00. The fourth-order valence-corrected chi connectivity index (χ4v) is 5.53. The minimum Gasteiger partial charge on any atom is -0.328 e. The molecule has 1 fully saturated rings. The first-order chi connectivity index (χ1) is 14.6. The highest BCUT2D eigenvalue weighted by molar-refractivity contribution is 7.80. The average Bonchev–Trinajstić information content (AvgIpc) is 3.05. The number of benzene rings is 3. The zero-order valence-corrected chi connectivity index (χ0v) is 17.4. The number of hydrogen-bond donors (Lipinski definition) is 0. The van der Waals surface area contributed by atoms with Gasteiger partial charge in [-0.25, -0.2) is 0 Å². The molecule has 0 aromatic heterocycles. The number of rotatable bonds is 3. The number of carbonyl (C=O) groups excluding carboxylic acids is 1. The first-order valence-electron chi connectivity index (χ1n) is 10.1. The van der Waals surface area contributed by atoms with Gasteiger partial charge in [0.2, 0.25) is 0 Å². The largest absolute Gasteiger partial charge is 0.328 e. The molecule has 0 amide bonds. The molecular formula is C26H20N2OS. The smallest absolute Gasteiger partial charge is 0.177 e. The average molecular weight is 409 g/mol. The second kappa shape index (κ2) is 6.90. The van der Waals surface area contributed by atoms with Crippen LogP contribution in [0.4, 0.5) is 5.69 Å². The number of hydrogen-bond acceptors (Lipinski definition) is 3. The Labute approximate surface area is 181 Å². The van der Waals surface area contributed by atoms with E-state index >= 15 is 0 Å². The summed E-state index contributed by atoms with van der Waals surface area (Å²) in [4.78, 5) is 16.6. The van der Waals surface area contributed by atoms with Crippen molar-refractivity contribution in [1.82, 2.24) is 0 Å². The SMILES string of the molecule is Cc1ccc(N2C(=S)[C@@]3([C@@H](C#N)c4ccccc4)C[C@@H]2c2ccccc2C3=O)cc1. The van der Waals surface area contributed by atoms with Gasteiger partial charge in [0.1, 0.15) is 5.41 Å². The van der Waals surface area contributed by atoms with Gasteiger partial charge >= 0.3 is 0 Å². The van der Waals surface area contributed by atoms with Crippen molar-refractivity contribution in [1.29, 1.82) is 5.26 Å². The van der Waals surface area contributed by atoms with Crippen LogP contribution in [0.5, 0.6) is 0 Å². The number of thiocarbonyl (C=S) groups is 1. The molecule has 0 N–H and O–H groups in total. The Bertz CT molecular complexity index is 1200. The Balaban J connectivity index is 1.75. The lowest BCUT2D eigenvalue weighted by molar-refractivity contribution is 0.0843. The Morgan fingerprint density at radius 1 is 1.03 bits per heavy atom. The van der Waals surface area contributed by atoms with Gasteiger partial charge in [-0.2, -0.15) is 5.26 Å². The minimum atomic E-state index is -1.05. The van der Waals surface area contributed by atoms with E-state index in [-0.39, 0.29) is 11.8 Å². The van der Waals surface area contributed by atoms with Crippen LogP contribution < -0.4 is 4.90 Å². The van der Waals surface area contributed by atoms with Crippen LogP contribution in [0, 0.1) is 23.7 Å². The molecule has 3 aromatic carbocycles. The highest BCUT2D eigenvalue weighted by atomic mass is 32.1. The molecule has 3 aromatic rings. The molecule has 30 heavy (non-hydrogen) atoms. The van der Waals surface area contributed by atoms with E-state index in [0.29, 0.717) is 17.0 Å². The number of Topliss-reactive ketones (excluding diaryl/α,β-unsaturated/α-hetero) is 1. The van der Waals surface area contributed by atoms with Crippen LogP contribution in [0.25, 0.3) is 0 Å². The molecule has 3 nitrogen and oxygen atoms in total. The number of nitrogens with zero attached hydrogens (tertiary/aromatic N) is 2. The fraction of sp³-hybridized carbons (Fsp3) is 0.192. The van der Waals surface area contributed by atoms with Crippen molar-refractivity contribution < 1.29 is 4.79 Å². The molecule has 0 saturated carbocycles. The Morgan fingerprint density at radius 3 is 2.40 bits per heavy atom. The molecule has 2 bridgehead atoms. The van der Waals surface area contributed by atoms with Crippen LogP contribution in [0.2, 0.25) is 0 Å². The normalized spacial score (nSPS) is 23.1. The zero-order chi connectivity index (χ0) is 20.9. The summed E-state index contributed by atoms with van der Waals surface area (Å²) in [5, 5.41) is 10.2. The van der Waals surface area contributed by atoms with Gasteiger partial charge in [-0.1, -0.05) is 84.5 Å². The third kappa shape index (κ3) is 2.49. The number of nitriles is 1. The number of ketones is 1. The molecule has 5 rings (SSSR count). The van der Waals surface area contributed by atoms with E-state index < -0.39 is 11.3 Å². The van der Waals surface area contributed by atoms with Crippen LogP contribution in [-0.4, -0.2) is 10.8 Å². The summed E-state index contributed by atoms with van der Waals surface area (Å²) < 4.78 is 0. The van der Waals surface area contributed by atoms with Gasteiger partial charge in [-0.3, -0.25) is 4.79 Å². The van der Waals surface area contributed by atoms with Crippen molar-refractivity contribution in [3.63, 3.8) is 0 Å². The summed E-state index contributed by atoms with van der Waals surface area (Å²) in [6.45, 7) is 2.05. The van der Waals surface area contributed by atoms with E-state index in [1.54, 1.807) is 0 Å². The molecule has 1 heterocycles. The monoisotopic (exact) mass is 408 g/mol. The second-order valence-corrected chi connectivity index (χ2v) is 8.48. The number of aryl methyl sites for hydroxylation is 1. The Hall–Kier alpha value is -3.29. The van der Waals surface area contributed by atoms with Crippen molar-refractivity contribution in [2.45, 2.75) is 25.3 Å². The molecule has 0 unspecified atom stereocenters. The summed E-state index contributed by atoms with van der Waals surface area (Å²) >= 11 is 6.03. The Kier molecular flexibility index (Phi) is 4.30. The maximum atomic E-state index is 13.9. The summed E-state index contributed by atoms with van der Waals surface area (Å²) in [6, 6.07) is 27.9. The van der Waals surface area contributed by atoms with Gasteiger partial charge in [0.25, 0.3) is 0 Å².